The fourth-order valence-corrected chi connectivity index (χ4v) is 5.25. The zero-order valence-electron chi connectivity index (χ0n) is 34.4. The predicted octanol–water partition coefficient (Wildman–Crippen LogP) is -5.17. The van der Waals surface area contributed by atoms with Gasteiger partial charge in [0.15, 0.2) is 5.96 Å². The van der Waals surface area contributed by atoms with Crippen LogP contribution in [0.5, 0.6) is 0 Å². The van der Waals surface area contributed by atoms with Crippen molar-refractivity contribution in [3.8, 4) is 0 Å². The molecule has 7 amide bonds. The number of aliphatic carboxylic acids is 2. The van der Waals surface area contributed by atoms with Crippen LogP contribution in [0.3, 0.4) is 0 Å². The molecule has 0 bridgehead atoms. The van der Waals surface area contributed by atoms with Crippen molar-refractivity contribution >= 4 is 59.2 Å². The second-order valence-corrected chi connectivity index (χ2v) is 14.9. The second-order valence-electron chi connectivity index (χ2n) is 14.9. The fraction of sp³-hybridized carbons (Fsp3) is 0.714. The first-order valence-electron chi connectivity index (χ1n) is 19.0. The Morgan fingerprint density at radius 1 is 0.593 bits per heavy atom. The minimum absolute atomic E-state index is 0.0202. The summed E-state index contributed by atoms with van der Waals surface area (Å²) in [5, 5.41) is 55.3. The molecule has 0 aromatic heterocycles. The van der Waals surface area contributed by atoms with Gasteiger partial charge in [-0.15, -0.1) is 0 Å². The summed E-state index contributed by atoms with van der Waals surface area (Å²) in [6.45, 7) is 9.90. The molecule has 0 heterocycles. The van der Waals surface area contributed by atoms with Gasteiger partial charge in [0.2, 0.25) is 41.4 Å². The lowest BCUT2D eigenvalue weighted by atomic mass is 10.0. The highest BCUT2D eigenvalue weighted by molar-refractivity contribution is 5.97. The van der Waals surface area contributed by atoms with Gasteiger partial charge in [0.05, 0.1) is 31.2 Å². The van der Waals surface area contributed by atoms with Gasteiger partial charge in [0.1, 0.15) is 36.3 Å². The molecule has 0 rings (SSSR count). The first-order chi connectivity index (χ1) is 27.3. The van der Waals surface area contributed by atoms with Gasteiger partial charge in [-0.2, -0.15) is 0 Å². The largest absolute Gasteiger partial charge is 0.481 e. The van der Waals surface area contributed by atoms with Crippen LogP contribution in [-0.4, -0.2) is 147 Å². The zero-order valence-corrected chi connectivity index (χ0v) is 34.4. The van der Waals surface area contributed by atoms with E-state index in [-0.39, 0.29) is 43.6 Å². The van der Waals surface area contributed by atoms with Crippen LogP contribution < -0.4 is 54.4 Å². The quantitative estimate of drug-likeness (QED) is 0.0209. The van der Waals surface area contributed by atoms with Crippen LogP contribution in [0.25, 0.3) is 0 Å². The smallest absolute Gasteiger partial charge is 0.326 e. The first kappa shape index (κ1) is 53.4. The molecular formula is C35H63N11O13. The van der Waals surface area contributed by atoms with Crippen molar-refractivity contribution in [2.45, 2.75) is 135 Å². The van der Waals surface area contributed by atoms with E-state index in [1.54, 1.807) is 13.8 Å². The number of hydrogen-bond donors (Lipinski definition) is 14. The summed E-state index contributed by atoms with van der Waals surface area (Å²) in [4.78, 5) is 118. The van der Waals surface area contributed by atoms with Gasteiger partial charge in [-0.3, -0.25) is 43.3 Å². The number of hydrogen-bond acceptors (Lipinski definition) is 13. The van der Waals surface area contributed by atoms with Gasteiger partial charge in [-0.1, -0.05) is 27.7 Å². The van der Waals surface area contributed by atoms with Crippen molar-refractivity contribution in [1.82, 2.24) is 37.2 Å². The molecule has 0 aliphatic rings. The number of nitrogens with zero attached hydrogens (tertiary/aromatic N) is 1. The molecule has 9 atom stereocenters. The molecule has 0 saturated heterocycles. The number of amides is 7. The molecule has 0 spiro atoms. The Morgan fingerprint density at radius 2 is 1.10 bits per heavy atom. The monoisotopic (exact) mass is 845 g/mol. The summed E-state index contributed by atoms with van der Waals surface area (Å²) < 4.78 is 0. The van der Waals surface area contributed by atoms with Gasteiger partial charge in [-0.25, -0.2) is 4.79 Å². The highest BCUT2D eigenvalue weighted by Gasteiger charge is 2.35. The minimum Gasteiger partial charge on any atom is -0.481 e. The lowest BCUT2D eigenvalue weighted by molar-refractivity contribution is -0.143. The van der Waals surface area contributed by atoms with Crippen LogP contribution in [0.15, 0.2) is 4.99 Å². The molecular weight excluding hydrogens is 782 g/mol. The van der Waals surface area contributed by atoms with Crippen molar-refractivity contribution in [3.05, 3.63) is 0 Å². The van der Waals surface area contributed by atoms with Crippen LogP contribution in [0.4, 0.5) is 0 Å². The fourth-order valence-electron chi connectivity index (χ4n) is 5.25. The molecule has 24 heteroatoms. The van der Waals surface area contributed by atoms with Gasteiger partial charge in [0, 0.05) is 6.54 Å². The molecule has 336 valence electrons. The van der Waals surface area contributed by atoms with Gasteiger partial charge < -0.3 is 74.8 Å². The molecule has 0 unspecified atom stereocenters. The van der Waals surface area contributed by atoms with Crippen molar-refractivity contribution in [3.63, 3.8) is 0 Å². The van der Waals surface area contributed by atoms with Crippen molar-refractivity contribution in [1.29, 1.82) is 0 Å². The van der Waals surface area contributed by atoms with E-state index in [9.17, 15) is 63.6 Å². The minimum atomic E-state index is -1.76. The van der Waals surface area contributed by atoms with Crippen molar-refractivity contribution < 1.29 is 63.6 Å². The summed E-state index contributed by atoms with van der Waals surface area (Å²) in [6, 6.07) is -10.2. The highest BCUT2D eigenvalue weighted by Crippen LogP contribution is 2.08. The molecule has 0 fully saturated rings. The van der Waals surface area contributed by atoms with Crippen LogP contribution in [-0.2, 0) is 43.2 Å². The molecule has 24 nitrogen and oxygen atoms in total. The highest BCUT2D eigenvalue weighted by atomic mass is 16.4. The van der Waals surface area contributed by atoms with E-state index in [2.05, 4.69) is 42.2 Å². The van der Waals surface area contributed by atoms with Crippen molar-refractivity contribution in [2.75, 3.05) is 13.1 Å². The van der Waals surface area contributed by atoms with E-state index < -0.39 is 121 Å². The lowest BCUT2D eigenvalue weighted by Gasteiger charge is -2.27. The molecule has 0 saturated carbocycles. The van der Waals surface area contributed by atoms with Crippen LogP contribution in [0, 0.1) is 11.8 Å². The average Bonchev–Trinajstić information content (AvgIpc) is 3.10. The number of carbonyl (C=O) groups excluding carboxylic acids is 7. The number of carboxylic acids is 2. The number of aliphatic hydroxyl groups excluding tert-OH is 2. The topological polar surface area (TPSA) is 409 Å². The number of carbonyl (C=O) groups is 9. The maximum Gasteiger partial charge on any atom is 0.326 e. The van der Waals surface area contributed by atoms with Gasteiger partial charge in [-0.05, 0) is 58.3 Å². The van der Waals surface area contributed by atoms with E-state index in [0.717, 1.165) is 13.8 Å². The molecule has 0 radical (unpaired) electrons. The first-order valence-corrected chi connectivity index (χ1v) is 19.0. The number of aliphatic hydroxyl groups is 2. The lowest BCUT2D eigenvalue weighted by Crippen LogP contribution is -2.61. The van der Waals surface area contributed by atoms with Gasteiger partial charge >= 0.3 is 11.9 Å². The number of nitrogens with one attached hydrogen (secondary N) is 7. The van der Waals surface area contributed by atoms with E-state index in [1.807, 2.05) is 13.8 Å². The van der Waals surface area contributed by atoms with Crippen LogP contribution in [0.1, 0.15) is 80.6 Å². The normalized spacial score (nSPS) is 15.7. The third-order valence-corrected chi connectivity index (χ3v) is 8.29. The summed E-state index contributed by atoms with van der Waals surface area (Å²) in [5.41, 5.74) is 16.3. The Morgan fingerprint density at radius 3 is 1.59 bits per heavy atom. The third kappa shape index (κ3) is 21.6. The number of carboxylic acid groups (broad SMARTS) is 2. The van der Waals surface area contributed by atoms with Gasteiger partial charge in [0.25, 0.3) is 0 Å². The number of guanidine groups is 1. The standard InChI is InChI=1S/C35H63N11O13/c1-15(2)11-20(36)29(53)41-17(5)28(52)43-23(13-25(50)51)31(55)44-22(12-16(3)4)30(54)40-14-24(49)45-26(18(6)47)33(57)46-27(19(7)48)32(56)42-21(34(58)59)9-8-10-39-35(37)38/h15-23,26-27,47-48H,8-14,36H2,1-7H3,(H,40,54)(H,41,53)(H,42,56)(H,43,52)(H,44,55)(H,45,49)(H,46,57)(H,50,51)(H,58,59)(H4,37,38,39)/t17-,18+,19+,20-,21-,22-,23-,26-,27-/m0/s1. The maximum absolute atomic E-state index is 13.3. The summed E-state index contributed by atoms with van der Waals surface area (Å²) in [5.74, 6) is -10.1. The van der Waals surface area contributed by atoms with E-state index >= 15 is 0 Å². The Balaban J connectivity index is 5.73. The van der Waals surface area contributed by atoms with E-state index in [4.69, 9.17) is 17.2 Å². The van der Waals surface area contributed by atoms with Crippen LogP contribution >= 0.6 is 0 Å². The van der Waals surface area contributed by atoms with E-state index in [1.165, 1.54) is 6.92 Å². The SMILES string of the molecule is CC(C)C[C@H](NC(=O)[C@H](CC(=O)O)NC(=O)[C@H](C)NC(=O)[C@@H](N)CC(C)C)C(=O)NCC(=O)N[C@H](C(=O)N[C@H](C(=O)N[C@@H](CCCN=C(N)N)C(=O)O)[C@@H](C)O)[C@@H](C)O. The van der Waals surface area contributed by atoms with Crippen LogP contribution in [0.2, 0.25) is 0 Å². The molecule has 59 heavy (non-hydrogen) atoms. The predicted molar refractivity (Wildman–Crippen MR) is 210 cm³/mol. The Bertz CT molecular complexity index is 1500. The molecule has 0 aliphatic carbocycles. The summed E-state index contributed by atoms with van der Waals surface area (Å²) >= 11 is 0. The molecule has 0 aliphatic heterocycles. The summed E-state index contributed by atoms with van der Waals surface area (Å²) in [6.07, 6.45) is -3.74. The van der Waals surface area contributed by atoms with Crippen molar-refractivity contribution in [2.24, 2.45) is 34.0 Å². The third-order valence-electron chi connectivity index (χ3n) is 8.29. The molecule has 17 N–H and O–H groups in total. The molecule has 0 aromatic rings. The number of aliphatic imine (C=N–C) groups is 1. The Kier molecular flexibility index (Phi) is 23.9. The zero-order chi connectivity index (χ0) is 45.7. The van der Waals surface area contributed by atoms with E-state index in [0.29, 0.717) is 6.42 Å². The number of rotatable bonds is 27. The maximum atomic E-state index is 13.3. The second kappa shape index (κ2) is 26.4. The average molecular weight is 846 g/mol. The molecule has 0 aromatic carbocycles. The Labute approximate surface area is 342 Å². The Hall–Kier alpha value is -5.62. The summed E-state index contributed by atoms with van der Waals surface area (Å²) in [7, 11) is 0. The number of nitrogens with two attached hydrogens (primary N) is 3.